The van der Waals surface area contributed by atoms with Crippen LogP contribution in [0.25, 0.3) is 21.8 Å². The Balaban J connectivity index is 1.50. The van der Waals surface area contributed by atoms with Gasteiger partial charge in [0.1, 0.15) is 5.75 Å². The number of rotatable bonds is 4. The molecule has 148 valence electrons. The van der Waals surface area contributed by atoms with Crippen molar-refractivity contribution in [2.24, 2.45) is 7.05 Å². The Morgan fingerprint density at radius 1 is 1.00 bits per heavy atom. The summed E-state index contributed by atoms with van der Waals surface area (Å²) < 4.78 is 8.06. The number of aromatic nitrogens is 4. The maximum absolute atomic E-state index is 10.1. The molecular weight excluding hydrogens is 376 g/mol. The lowest BCUT2D eigenvalue weighted by atomic mass is 9.98. The van der Waals surface area contributed by atoms with Crippen LogP contribution in [0.3, 0.4) is 0 Å². The van der Waals surface area contributed by atoms with Crippen LogP contribution in [0.1, 0.15) is 24.1 Å². The average Bonchev–Trinajstić information content (AvgIpc) is 3.09. The van der Waals surface area contributed by atoms with Crippen molar-refractivity contribution in [3.05, 3.63) is 84.3 Å². The fraction of sp³-hybridized carbons (Fsp3) is 0.125. The lowest BCUT2D eigenvalue weighted by molar-refractivity contribution is 0.412. The van der Waals surface area contributed by atoms with Gasteiger partial charge in [0.05, 0.1) is 17.1 Å². The third kappa shape index (κ3) is 3.12. The first-order valence-corrected chi connectivity index (χ1v) is 9.73. The van der Waals surface area contributed by atoms with E-state index in [1.54, 1.807) is 18.5 Å². The van der Waals surface area contributed by atoms with E-state index in [1.807, 2.05) is 24.3 Å². The maximum Gasteiger partial charge on any atom is 0.325 e. The summed E-state index contributed by atoms with van der Waals surface area (Å²) in [5.41, 5.74) is 4.14. The van der Waals surface area contributed by atoms with Crippen molar-refractivity contribution in [3.63, 3.8) is 0 Å². The zero-order chi connectivity index (χ0) is 20.7. The van der Waals surface area contributed by atoms with Gasteiger partial charge in [-0.15, -0.1) is 0 Å². The molecule has 0 aliphatic heterocycles. The van der Waals surface area contributed by atoms with E-state index in [1.165, 1.54) is 11.3 Å². The highest BCUT2D eigenvalue weighted by molar-refractivity contribution is 5.84. The third-order valence-electron chi connectivity index (χ3n) is 5.46. The van der Waals surface area contributed by atoms with Crippen LogP contribution in [0.15, 0.2) is 73.1 Å². The Morgan fingerprint density at radius 3 is 2.67 bits per heavy atom. The minimum absolute atomic E-state index is 0.0844. The molecule has 3 heterocycles. The van der Waals surface area contributed by atoms with Crippen LogP contribution in [0.2, 0.25) is 0 Å². The number of benzene rings is 2. The second-order valence-electron chi connectivity index (χ2n) is 7.31. The monoisotopic (exact) mass is 396 g/mol. The topological polar surface area (TPSA) is 73.1 Å². The molecule has 1 atom stereocenters. The van der Waals surface area contributed by atoms with E-state index in [9.17, 15) is 5.11 Å². The first-order chi connectivity index (χ1) is 14.6. The Hall–Kier alpha value is -3.93. The van der Waals surface area contributed by atoms with Gasteiger partial charge >= 0.3 is 6.01 Å². The van der Waals surface area contributed by atoms with E-state index in [2.05, 4.69) is 63.8 Å². The van der Waals surface area contributed by atoms with Gasteiger partial charge in [-0.1, -0.05) is 37.3 Å². The molecule has 0 aliphatic carbocycles. The second-order valence-corrected chi connectivity index (χ2v) is 7.31. The zero-order valence-corrected chi connectivity index (χ0v) is 16.6. The van der Waals surface area contributed by atoms with Crippen molar-refractivity contribution in [2.75, 3.05) is 0 Å². The molecule has 0 amide bonds. The predicted molar refractivity (Wildman–Crippen MR) is 116 cm³/mol. The lowest BCUT2D eigenvalue weighted by Crippen LogP contribution is -2.02. The van der Waals surface area contributed by atoms with E-state index in [4.69, 9.17) is 4.74 Å². The smallest absolute Gasteiger partial charge is 0.325 e. The van der Waals surface area contributed by atoms with Crippen molar-refractivity contribution in [1.29, 1.82) is 0 Å². The summed E-state index contributed by atoms with van der Waals surface area (Å²) in [6, 6.07) is 20.3. The van der Waals surface area contributed by atoms with Crippen LogP contribution in [-0.2, 0) is 7.05 Å². The molecule has 1 N–H and O–H groups in total. The summed E-state index contributed by atoms with van der Waals surface area (Å²) in [7, 11) is 2.08. The van der Waals surface area contributed by atoms with Crippen LogP contribution < -0.4 is 4.74 Å². The fourth-order valence-electron chi connectivity index (χ4n) is 3.83. The first-order valence-electron chi connectivity index (χ1n) is 9.73. The number of pyridine rings is 1. The van der Waals surface area contributed by atoms with Gasteiger partial charge in [-0.05, 0) is 35.9 Å². The summed E-state index contributed by atoms with van der Waals surface area (Å²) >= 11 is 0. The Labute approximate surface area is 173 Å². The number of nitrogens with zero attached hydrogens (tertiary/aromatic N) is 4. The lowest BCUT2D eigenvalue weighted by Gasteiger charge is -2.13. The molecule has 3 aromatic heterocycles. The Kier molecular flexibility index (Phi) is 4.32. The van der Waals surface area contributed by atoms with Crippen molar-refractivity contribution in [3.8, 4) is 17.6 Å². The normalized spacial score (nSPS) is 12.3. The molecule has 0 saturated carbocycles. The second kappa shape index (κ2) is 7.15. The zero-order valence-electron chi connectivity index (χ0n) is 16.6. The van der Waals surface area contributed by atoms with Gasteiger partial charge < -0.3 is 14.4 Å². The van der Waals surface area contributed by atoms with Crippen LogP contribution in [0.4, 0.5) is 0 Å². The van der Waals surface area contributed by atoms with Gasteiger partial charge in [0.2, 0.25) is 5.88 Å². The molecule has 0 fully saturated rings. The van der Waals surface area contributed by atoms with E-state index < -0.39 is 0 Å². The number of aryl methyl sites for hydroxylation is 1. The van der Waals surface area contributed by atoms with E-state index >= 15 is 0 Å². The molecular formula is C24H20N4O2. The molecule has 2 aromatic carbocycles. The maximum atomic E-state index is 10.1. The van der Waals surface area contributed by atoms with Crippen LogP contribution in [0, 0.1) is 0 Å². The standard InChI is InChI=1S/C24H20N4O2/c1-15(16-6-4-3-5-7-16)22-13-17-12-18(8-9-21(17)28(22)2)30-24-26-20-14-25-11-10-19(20)23(29)27-24/h3-15H,1-2H3,(H,26,27,29). The quantitative estimate of drug-likeness (QED) is 0.454. The van der Waals surface area contributed by atoms with E-state index in [0.717, 1.165) is 10.9 Å². The fourth-order valence-corrected chi connectivity index (χ4v) is 3.83. The van der Waals surface area contributed by atoms with Gasteiger partial charge in [-0.2, -0.15) is 9.97 Å². The van der Waals surface area contributed by atoms with Gasteiger partial charge in [-0.25, -0.2) is 0 Å². The molecule has 0 spiro atoms. The Bertz CT molecular complexity index is 1360. The predicted octanol–water partition coefficient (Wildman–Crippen LogP) is 5.17. The van der Waals surface area contributed by atoms with Crippen LogP contribution >= 0.6 is 0 Å². The van der Waals surface area contributed by atoms with Crippen molar-refractivity contribution in [1.82, 2.24) is 19.5 Å². The highest BCUT2D eigenvalue weighted by Gasteiger charge is 2.15. The number of hydrogen-bond donors (Lipinski definition) is 1. The van der Waals surface area contributed by atoms with Gasteiger partial charge in [0, 0.05) is 35.8 Å². The third-order valence-corrected chi connectivity index (χ3v) is 5.46. The summed E-state index contributed by atoms with van der Waals surface area (Å²) in [6.45, 7) is 2.21. The number of hydrogen-bond acceptors (Lipinski definition) is 5. The SMILES string of the molecule is CC(c1ccccc1)c1cc2cc(Oc3nc(O)c4ccncc4n3)ccc2n1C. The first kappa shape index (κ1) is 18.1. The molecule has 0 bridgehead atoms. The van der Waals surface area contributed by atoms with Crippen molar-refractivity contribution >= 4 is 21.8 Å². The summed E-state index contributed by atoms with van der Waals surface area (Å²) in [4.78, 5) is 12.4. The van der Waals surface area contributed by atoms with E-state index in [-0.39, 0.29) is 17.8 Å². The molecule has 0 aliphatic rings. The minimum Gasteiger partial charge on any atom is -0.493 e. The van der Waals surface area contributed by atoms with Crippen molar-refractivity contribution < 1.29 is 9.84 Å². The molecule has 30 heavy (non-hydrogen) atoms. The average molecular weight is 396 g/mol. The summed E-state index contributed by atoms with van der Waals surface area (Å²) in [5.74, 6) is 0.744. The molecule has 6 nitrogen and oxygen atoms in total. The van der Waals surface area contributed by atoms with E-state index in [0.29, 0.717) is 16.7 Å². The van der Waals surface area contributed by atoms with Gasteiger partial charge in [0.25, 0.3) is 0 Å². The number of fused-ring (bicyclic) bond motifs is 2. The van der Waals surface area contributed by atoms with Crippen LogP contribution in [0.5, 0.6) is 17.6 Å². The Morgan fingerprint density at radius 2 is 1.83 bits per heavy atom. The molecule has 1 unspecified atom stereocenters. The highest BCUT2D eigenvalue weighted by atomic mass is 16.5. The van der Waals surface area contributed by atoms with Crippen LogP contribution in [-0.4, -0.2) is 24.6 Å². The molecule has 6 heteroatoms. The molecule has 0 radical (unpaired) electrons. The molecule has 0 saturated heterocycles. The molecule has 5 aromatic rings. The van der Waals surface area contributed by atoms with Gasteiger partial charge in [-0.3, -0.25) is 4.98 Å². The largest absolute Gasteiger partial charge is 0.493 e. The molecule has 5 rings (SSSR count). The summed E-state index contributed by atoms with van der Waals surface area (Å²) in [6.07, 6.45) is 3.16. The van der Waals surface area contributed by atoms with Crippen molar-refractivity contribution in [2.45, 2.75) is 12.8 Å². The number of aromatic hydroxyl groups is 1. The number of ether oxygens (including phenoxy) is 1. The minimum atomic E-state index is -0.128. The summed E-state index contributed by atoms with van der Waals surface area (Å²) in [5, 5.41) is 11.8. The van der Waals surface area contributed by atoms with Gasteiger partial charge in [0.15, 0.2) is 0 Å². The highest BCUT2D eigenvalue weighted by Crippen LogP contribution is 2.32.